The SMILES string of the molecule is CCOC(=O)CN(CC(C)C)C(=O)c1ccc(OCc2ccccc2Cl)c(OC)c1. The molecule has 0 aliphatic carbocycles. The van der Waals surface area contributed by atoms with Crippen LogP contribution in [-0.4, -0.2) is 43.6 Å². The number of nitrogens with zero attached hydrogens (tertiary/aromatic N) is 1. The summed E-state index contributed by atoms with van der Waals surface area (Å²) in [6.45, 7) is 6.58. The number of esters is 1. The van der Waals surface area contributed by atoms with E-state index in [9.17, 15) is 9.59 Å². The first-order valence-electron chi connectivity index (χ1n) is 9.84. The molecule has 7 heteroatoms. The highest BCUT2D eigenvalue weighted by atomic mass is 35.5. The molecule has 0 heterocycles. The lowest BCUT2D eigenvalue weighted by Gasteiger charge is -2.24. The Morgan fingerprint density at radius 3 is 2.47 bits per heavy atom. The molecule has 0 aliphatic rings. The summed E-state index contributed by atoms with van der Waals surface area (Å²) in [5.74, 6) is 0.415. The van der Waals surface area contributed by atoms with Crippen molar-refractivity contribution in [2.45, 2.75) is 27.4 Å². The number of carbonyl (C=O) groups excluding carboxylic acids is 2. The van der Waals surface area contributed by atoms with Gasteiger partial charge < -0.3 is 19.1 Å². The summed E-state index contributed by atoms with van der Waals surface area (Å²) in [5.41, 5.74) is 1.25. The fourth-order valence-electron chi connectivity index (χ4n) is 2.90. The molecule has 2 aromatic rings. The highest BCUT2D eigenvalue weighted by Gasteiger charge is 2.22. The predicted octanol–water partition coefficient (Wildman–Crippen LogP) is 4.59. The van der Waals surface area contributed by atoms with Gasteiger partial charge in [0, 0.05) is 22.7 Å². The van der Waals surface area contributed by atoms with Gasteiger partial charge in [-0.3, -0.25) is 9.59 Å². The molecular formula is C23H28ClNO5. The van der Waals surface area contributed by atoms with Gasteiger partial charge >= 0.3 is 5.97 Å². The molecule has 0 radical (unpaired) electrons. The van der Waals surface area contributed by atoms with Crippen molar-refractivity contribution in [3.8, 4) is 11.5 Å². The van der Waals surface area contributed by atoms with Crippen molar-refractivity contribution >= 4 is 23.5 Å². The fourth-order valence-corrected chi connectivity index (χ4v) is 3.09. The van der Waals surface area contributed by atoms with Crippen molar-refractivity contribution in [2.24, 2.45) is 5.92 Å². The summed E-state index contributed by atoms with van der Waals surface area (Å²) in [6, 6.07) is 12.4. The minimum absolute atomic E-state index is 0.0993. The highest BCUT2D eigenvalue weighted by Crippen LogP contribution is 2.30. The third-order valence-corrected chi connectivity index (χ3v) is 4.62. The van der Waals surface area contributed by atoms with Crippen LogP contribution in [0.1, 0.15) is 36.7 Å². The Hall–Kier alpha value is -2.73. The molecule has 0 bridgehead atoms. The van der Waals surface area contributed by atoms with Crippen LogP contribution in [0.4, 0.5) is 0 Å². The topological polar surface area (TPSA) is 65.1 Å². The molecule has 162 valence electrons. The Kier molecular flexibility index (Phi) is 8.99. The Morgan fingerprint density at radius 2 is 1.83 bits per heavy atom. The number of rotatable bonds is 10. The van der Waals surface area contributed by atoms with Crippen LogP contribution in [0.3, 0.4) is 0 Å². The zero-order valence-electron chi connectivity index (χ0n) is 17.8. The normalized spacial score (nSPS) is 10.6. The van der Waals surface area contributed by atoms with E-state index in [0.29, 0.717) is 28.6 Å². The minimum atomic E-state index is -0.432. The molecule has 30 heavy (non-hydrogen) atoms. The average molecular weight is 434 g/mol. The molecule has 0 aromatic heterocycles. The van der Waals surface area contributed by atoms with Gasteiger partial charge in [0.15, 0.2) is 11.5 Å². The second-order valence-corrected chi connectivity index (χ2v) is 7.54. The maximum atomic E-state index is 13.0. The Labute approximate surface area is 182 Å². The van der Waals surface area contributed by atoms with Crippen LogP contribution in [0.2, 0.25) is 5.02 Å². The van der Waals surface area contributed by atoms with Gasteiger partial charge in [0.2, 0.25) is 0 Å². The zero-order valence-corrected chi connectivity index (χ0v) is 18.6. The number of methoxy groups -OCH3 is 1. The molecule has 1 amide bonds. The van der Waals surface area contributed by atoms with Crippen LogP contribution in [0.15, 0.2) is 42.5 Å². The smallest absolute Gasteiger partial charge is 0.325 e. The van der Waals surface area contributed by atoms with E-state index < -0.39 is 5.97 Å². The number of hydrogen-bond donors (Lipinski definition) is 0. The molecule has 0 saturated carbocycles. The van der Waals surface area contributed by atoms with E-state index in [1.165, 1.54) is 12.0 Å². The molecule has 2 rings (SSSR count). The monoisotopic (exact) mass is 433 g/mol. The summed E-state index contributed by atoms with van der Waals surface area (Å²) in [5, 5.41) is 0.617. The first-order chi connectivity index (χ1) is 14.3. The van der Waals surface area contributed by atoms with Crippen molar-refractivity contribution in [2.75, 3.05) is 26.8 Å². The first-order valence-corrected chi connectivity index (χ1v) is 10.2. The Balaban J connectivity index is 2.18. The van der Waals surface area contributed by atoms with E-state index in [1.807, 2.05) is 32.0 Å². The summed E-state index contributed by atoms with van der Waals surface area (Å²) in [7, 11) is 1.51. The largest absolute Gasteiger partial charge is 0.493 e. The summed E-state index contributed by atoms with van der Waals surface area (Å²) in [4.78, 5) is 26.4. The summed E-state index contributed by atoms with van der Waals surface area (Å²) >= 11 is 6.17. The lowest BCUT2D eigenvalue weighted by atomic mass is 10.1. The van der Waals surface area contributed by atoms with Crippen molar-refractivity contribution in [1.29, 1.82) is 0 Å². The molecule has 0 N–H and O–H groups in total. The zero-order chi connectivity index (χ0) is 22.1. The number of halogens is 1. The molecule has 0 atom stereocenters. The predicted molar refractivity (Wildman–Crippen MR) is 116 cm³/mol. The third kappa shape index (κ3) is 6.66. The number of amides is 1. The minimum Gasteiger partial charge on any atom is -0.493 e. The lowest BCUT2D eigenvalue weighted by molar-refractivity contribution is -0.143. The highest BCUT2D eigenvalue weighted by molar-refractivity contribution is 6.31. The lowest BCUT2D eigenvalue weighted by Crippen LogP contribution is -2.39. The molecule has 0 fully saturated rings. The van der Waals surface area contributed by atoms with E-state index in [-0.39, 0.29) is 31.6 Å². The standard InChI is InChI=1S/C23H28ClNO5/c1-5-29-22(26)14-25(13-16(2)3)23(27)17-10-11-20(21(12-17)28-4)30-15-18-8-6-7-9-19(18)24/h6-12,16H,5,13-15H2,1-4H3. The molecular weight excluding hydrogens is 406 g/mol. The number of hydrogen-bond acceptors (Lipinski definition) is 5. The fraction of sp³-hybridized carbons (Fsp3) is 0.391. The average Bonchev–Trinajstić information content (AvgIpc) is 2.72. The number of benzene rings is 2. The number of ether oxygens (including phenoxy) is 3. The molecule has 0 spiro atoms. The summed E-state index contributed by atoms with van der Waals surface area (Å²) < 4.78 is 16.3. The van der Waals surface area contributed by atoms with E-state index in [4.69, 9.17) is 25.8 Å². The van der Waals surface area contributed by atoms with Gasteiger partial charge in [-0.1, -0.05) is 43.6 Å². The van der Waals surface area contributed by atoms with E-state index in [1.54, 1.807) is 31.2 Å². The van der Waals surface area contributed by atoms with Crippen LogP contribution >= 0.6 is 11.6 Å². The van der Waals surface area contributed by atoms with Crippen LogP contribution in [0.5, 0.6) is 11.5 Å². The molecule has 2 aromatic carbocycles. The van der Waals surface area contributed by atoms with Gasteiger partial charge in [0.1, 0.15) is 13.2 Å². The van der Waals surface area contributed by atoms with E-state index in [0.717, 1.165) is 5.56 Å². The van der Waals surface area contributed by atoms with E-state index >= 15 is 0 Å². The summed E-state index contributed by atoms with van der Waals surface area (Å²) in [6.07, 6.45) is 0. The van der Waals surface area contributed by atoms with Crippen molar-refractivity contribution < 1.29 is 23.8 Å². The van der Waals surface area contributed by atoms with Crippen molar-refractivity contribution in [3.63, 3.8) is 0 Å². The molecule has 0 aliphatic heterocycles. The van der Waals surface area contributed by atoms with Gasteiger partial charge in [0.25, 0.3) is 5.91 Å². The maximum absolute atomic E-state index is 13.0. The van der Waals surface area contributed by atoms with Crippen molar-refractivity contribution in [3.05, 3.63) is 58.6 Å². The van der Waals surface area contributed by atoms with Crippen LogP contribution in [-0.2, 0) is 16.1 Å². The van der Waals surface area contributed by atoms with Gasteiger partial charge in [-0.25, -0.2) is 0 Å². The van der Waals surface area contributed by atoms with Crippen LogP contribution < -0.4 is 9.47 Å². The second kappa shape index (κ2) is 11.5. The van der Waals surface area contributed by atoms with Gasteiger partial charge in [-0.15, -0.1) is 0 Å². The molecule has 0 saturated heterocycles. The third-order valence-electron chi connectivity index (χ3n) is 4.25. The van der Waals surface area contributed by atoms with Gasteiger partial charge in [-0.2, -0.15) is 0 Å². The maximum Gasteiger partial charge on any atom is 0.325 e. The molecule has 0 unspecified atom stereocenters. The van der Waals surface area contributed by atoms with E-state index in [2.05, 4.69) is 0 Å². The Morgan fingerprint density at radius 1 is 1.10 bits per heavy atom. The first kappa shape index (κ1) is 23.5. The van der Waals surface area contributed by atoms with Crippen LogP contribution in [0, 0.1) is 5.92 Å². The second-order valence-electron chi connectivity index (χ2n) is 7.13. The molecule has 6 nitrogen and oxygen atoms in total. The quantitative estimate of drug-likeness (QED) is 0.513. The van der Waals surface area contributed by atoms with Gasteiger partial charge in [0.05, 0.1) is 13.7 Å². The number of carbonyl (C=O) groups is 2. The Bertz CT molecular complexity index is 868. The van der Waals surface area contributed by atoms with Gasteiger partial charge in [-0.05, 0) is 37.1 Å². The van der Waals surface area contributed by atoms with Crippen LogP contribution in [0.25, 0.3) is 0 Å². The van der Waals surface area contributed by atoms with Crippen molar-refractivity contribution in [1.82, 2.24) is 4.90 Å².